The molecule has 0 saturated carbocycles. The van der Waals surface area contributed by atoms with Crippen LogP contribution < -0.4 is 5.32 Å². The van der Waals surface area contributed by atoms with E-state index in [4.69, 9.17) is 4.74 Å². The summed E-state index contributed by atoms with van der Waals surface area (Å²) in [7, 11) is 3.75. The standard InChI is InChI=1S/C17H24F3N3O2/c1-22(2)9-10-23(12-13-6-5-11-25-13)16(24)21-15-8-4-3-7-14(15)17(18,19)20/h3-4,7-8,13H,5-6,9-12H2,1-2H3,(H,21,24). The van der Waals surface area contributed by atoms with Crippen molar-refractivity contribution in [1.82, 2.24) is 9.80 Å². The fourth-order valence-corrected chi connectivity index (χ4v) is 2.66. The SMILES string of the molecule is CN(C)CCN(CC1CCCO1)C(=O)Nc1ccccc1C(F)(F)F. The van der Waals surface area contributed by atoms with Crippen LogP contribution in [0.3, 0.4) is 0 Å². The molecule has 1 heterocycles. The Labute approximate surface area is 145 Å². The minimum absolute atomic E-state index is 0.0641. The Bertz CT molecular complexity index is 573. The summed E-state index contributed by atoms with van der Waals surface area (Å²) in [5.41, 5.74) is -1.09. The van der Waals surface area contributed by atoms with Crippen molar-refractivity contribution in [3.63, 3.8) is 0 Å². The number of carbonyl (C=O) groups is 1. The van der Waals surface area contributed by atoms with Crippen molar-refractivity contribution in [2.45, 2.75) is 25.1 Å². The molecule has 1 atom stereocenters. The topological polar surface area (TPSA) is 44.8 Å². The van der Waals surface area contributed by atoms with Gasteiger partial charge in [0.2, 0.25) is 0 Å². The number of para-hydroxylation sites is 1. The van der Waals surface area contributed by atoms with Crippen LogP contribution >= 0.6 is 0 Å². The third-order valence-electron chi connectivity index (χ3n) is 4.03. The van der Waals surface area contributed by atoms with Gasteiger partial charge < -0.3 is 19.9 Å². The molecule has 140 valence electrons. The van der Waals surface area contributed by atoms with E-state index < -0.39 is 17.8 Å². The number of halogens is 3. The third kappa shape index (κ3) is 5.89. The van der Waals surface area contributed by atoms with Crippen LogP contribution in [0, 0.1) is 0 Å². The van der Waals surface area contributed by atoms with Crippen molar-refractivity contribution >= 4 is 11.7 Å². The molecule has 1 aromatic rings. The molecule has 2 rings (SSSR count). The van der Waals surface area contributed by atoms with Crippen molar-refractivity contribution in [3.8, 4) is 0 Å². The van der Waals surface area contributed by atoms with E-state index in [1.165, 1.54) is 23.1 Å². The van der Waals surface area contributed by atoms with Gasteiger partial charge in [-0.1, -0.05) is 12.1 Å². The van der Waals surface area contributed by atoms with E-state index in [1.807, 2.05) is 19.0 Å². The van der Waals surface area contributed by atoms with Gasteiger partial charge in [0.1, 0.15) is 0 Å². The number of likely N-dealkylation sites (N-methyl/N-ethyl adjacent to an activating group) is 1. The van der Waals surface area contributed by atoms with Crippen LogP contribution in [0.2, 0.25) is 0 Å². The third-order valence-corrected chi connectivity index (χ3v) is 4.03. The van der Waals surface area contributed by atoms with E-state index in [0.29, 0.717) is 26.2 Å². The summed E-state index contributed by atoms with van der Waals surface area (Å²) in [4.78, 5) is 16.0. The number of amides is 2. The van der Waals surface area contributed by atoms with Gasteiger partial charge >= 0.3 is 12.2 Å². The Morgan fingerprint density at radius 2 is 2.00 bits per heavy atom. The predicted octanol–water partition coefficient (Wildman–Crippen LogP) is 3.28. The molecular weight excluding hydrogens is 335 g/mol. The van der Waals surface area contributed by atoms with E-state index >= 15 is 0 Å². The molecule has 0 aromatic heterocycles. The highest BCUT2D eigenvalue weighted by atomic mass is 19.4. The number of hydrogen-bond acceptors (Lipinski definition) is 3. The van der Waals surface area contributed by atoms with Gasteiger partial charge in [-0.25, -0.2) is 4.79 Å². The number of nitrogens with zero attached hydrogens (tertiary/aromatic N) is 2. The van der Waals surface area contributed by atoms with E-state index in [9.17, 15) is 18.0 Å². The number of urea groups is 1. The maximum atomic E-state index is 13.1. The normalized spacial score (nSPS) is 17.8. The highest BCUT2D eigenvalue weighted by Crippen LogP contribution is 2.34. The first-order chi connectivity index (χ1) is 11.8. The summed E-state index contributed by atoms with van der Waals surface area (Å²) in [5, 5.41) is 2.41. The highest BCUT2D eigenvalue weighted by molar-refractivity contribution is 5.90. The Morgan fingerprint density at radius 1 is 1.28 bits per heavy atom. The first-order valence-electron chi connectivity index (χ1n) is 8.26. The Hall–Kier alpha value is -1.80. The van der Waals surface area contributed by atoms with Crippen molar-refractivity contribution in [3.05, 3.63) is 29.8 Å². The van der Waals surface area contributed by atoms with Gasteiger partial charge in [-0.2, -0.15) is 13.2 Å². The highest BCUT2D eigenvalue weighted by Gasteiger charge is 2.34. The molecule has 1 aliphatic heterocycles. The van der Waals surface area contributed by atoms with Crippen molar-refractivity contribution in [2.75, 3.05) is 45.7 Å². The Balaban J connectivity index is 2.10. The fourth-order valence-electron chi connectivity index (χ4n) is 2.66. The van der Waals surface area contributed by atoms with Gasteiger partial charge in [-0.3, -0.25) is 0 Å². The largest absolute Gasteiger partial charge is 0.418 e. The summed E-state index contributed by atoms with van der Waals surface area (Å²) < 4.78 is 44.8. The number of rotatable bonds is 6. The van der Waals surface area contributed by atoms with Crippen LogP contribution in [0.15, 0.2) is 24.3 Å². The molecule has 0 bridgehead atoms. The second kappa shape index (κ2) is 8.53. The van der Waals surface area contributed by atoms with Gasteiger partial charge in [0.15, 0.2) is 0 Å². The maximum absolute atomic E-state index is 13.1. The number of ether oxygens (including phenoxy) is 1. The summed E-state index contributed by atoms with van der Waals surface area (Å²) >= 11 is 0. The van der Waals surface area contributed by atoms with Crippen LogP contribution in [0.5, 0.6) is 0 Å². The summed E-state index contributed by atoms with van der Waals surface area (Å²) in [6.45, 7) is 2.05. The lowest BCUT2D eigenvalue weighted by Gasteiger charge is -2.27. The molecule has 1 fully saturated rings. The summed E-state index contributed by atoms with van der Waals surface area (Å²) in [5.74, 6) is 0. The average Bonchev–Trinajstić information content (AvgIpc) is 3.03. The Morgan fingerprint density at radius 3 is 2.60 bits per heavy atom. The first-order valence-corrected chi connectivity index (χ1v) is 8.26. The second-order valence-electron chi connectivity index (χ2n) is 6.36. The Kier molecular flexibility index (Phi) is 6.66. The average molecular weight is 359 g/mol. The molecule has 5 nitrogen and oxygen atoms in total. The second-order valence-corrected chi connectivity index (χ2v) is 6.36. The zero-order chi connectivity index (χ0) is 18.4. The number of alkyl halides is 3. The summed E-state index contributed by atoms with van der Waals surface area (Å²) in [6.07, 6.45) is -2.80. The molecule has 1 aromatic carbocycles. The van der Waals surface area contributed by atoms with Crippen molar-refractivity contribution in [1.29, 1.82) is 0 Å². The molecule has 0 aliphatic carbocycles. The lowest BCUT2D eigenvalue weighted by atomic mass is 10.1. The maximum Gasteiger partial charge on any atom is 0.418 e. The van der Waals surface area contributed by atoms with Crippen LogP contribution in [0.4, 0.5) is 23.7 Å². The molecule has 0 spiro atoms. The van der Waals surface area contributed by atoms with E-state index in [2.05, 4.69) is 5.32 Å². The quantitative estimate of drug-likeness (QED) is 0.848. The van der Waals surface area contributed by atoms with Gasteiger partial charge in [-0.15, -0.1) is 0 Å². The molecule has 1 aliphatic rings. The van der Waals surface area contributed by atoms with Crippen molar-refractivity contribution < 1.29 is 22.7 Å². The number of carbonyl (C=O) groups excluding carboxylic acids is 1. The zero-order valence-electron chi connectivity index (χ0n) is 14.5. The molecule has 8 heteroatoms. The fraction of sp³-hybridized carbons (Fsp3) is 0.588. The van der Waals surface area contributed by atoms with Gasteiger partial charge in [0.25, 0.3) is 0 Å². The lowest BCUT2D eigenvalue weighted by molar-refractivity contribution is -0.136. The predicted molar refractivity (Wildman–Crippen MR) is 89.6 cm³/mol. The zero-order valence-corrected chi connectivity index (χ0v) is 14.5. The number of hydrogen-bond donors (Lipinski definition) is 1. The van der Waals surface area contributed by atoms with E-state index in [1.54, 1.807) is 0 Å². The minimum Gasteiger partial charge on any atom is -0.376 e. The van der Waals surface area contributed by atoms with E-state index in [0.717, 1.165) is 18.9 Å². The minimum atomic E-state index is -4.52. The molecule has 25 heavy (non-hydrogen) atoms. The molecular formula is C17H24F3N3O2. The molecule has 1 saturated heterocycles. The van der Waals surface area contributed by atoms with E-state index in [-0.39, 0.29) is 11.8 Å². The molecule has 0 radical (unpaired) electrons. The van der Waals surface area contributed by atoms with Gasteiger partial charge in [0.05, 0.1) is 17.4 Å². The molecule has 2 amide bonds. The van der Waals surface area contributed by atoms with Crippen LogP contribution in [-0.2, 0) is 10.9 Å². The molecule has 1 N–H and O–H groups in total. The van der Waals surface area contributed by atoms with Gasteiger partial charge in [0, 0.05) is 26.2 Å². The number of benzene rings is 1. The summed E-state index contributed by atoms with van der Waals surface area (Å²) in [6, 6.07) is 4.44. The number of anilines is 1. The van der Waals surface area contributed by atoms with Crippen LogP contribution in [-0.4, -0.2) is 62.3 Å². The smallest absolute Gasteiger partial charge is 0.376 e. The number of nitrogens with one attached hydrogen (secondary N) is 1. The molecule has 1 unspecified atom stereocenters. The van der Waals surface area contributed by atoms with Crippen LogP contribution in [0.1, 0.15) is 18.4 Å². The lowest BCUT2D eigenvalue weighted by Crippen LogP contribution is -2.43. The monoisotopic (exact) mass is 359 g/mol. The van der Waals surface area contributed by atoms with Crippen molar-refractivity contribution in [2.24, 2.45) is 0 Å². The van der Waals surface area contributed by atoms with Crippen LogP contribution in [0.25, 0.3) is 0 Å². The first kappa shape index (κ1) is 19.5. The van der Waals surface area contributed by atoms with Gasteiger partial charge in [-0.05, 0) is 39.1 Å².